The van der Waals surface area contributed by atoms with E-state index in [1.165, 1.54) is 12.1 Å². The first-order chi connectivity index (χ1) is 17.3. The third-order valence-corrected chi connectivity index (χ3v) is 6.07. The SMILES string of the molecule is CCC1C(=O)N(c2nc(Cl)c(C(=O)Nc3c(F)cccc3Cl)cc2F)N=C1COCc1ccccc1. The Morgan fingerprint density at radius 2 is 1.83 bits per heavy atom. The highest BCUT2D eigenvalue weighted by molar-refractivity contribution is 6.35. The van der Waals surface area contributed by atoms with Crippen molar-refractivity contribution in [2.24, 2.45) is 11.0 Å². The number of rotatable bonds is 8. The van der Waals surface area contributed by atoms with Crippen LogP contribution in [0.1, 0.15) is 29.3 Å². The maximum atomic E-state index is 15.0. The van der Waals surface area contributed by atoms with Crippen molar-refractivity contribution in [3.05, 3.63) is 87.5 Å². The fourth-order valence-corrected chi connectivity index (χ4v) is 4.07. The maximum Gasteiger partial charge on any atom is 0.259 e. The Bertz CT molecular complexity index is 1320. The predicted molar refractivity (Wildman–Crippen MR) is 133 cm³/mol. The zero-order chi connectivity index (χ0) is 25.8. The number of hydrazone groups is 1. The summed E-state index contributed by atoms with van der Waals surface area (Å²) >= 11 is 12.1. The topological polar surface area (TPSA) is 83.9 Å². The van der Waals surface area contributed by atoms with E-state index < -0.39 is 40.3 Å². The van der Waals surface area contributed by atoms with E-state index in [9.17, 15) is 14.0 Å². The van der Waals surface area contributed by atoms with Crippen LogP contribution in [0.15, 0.2) is 59.7 Å². The normalized spacial score (nSPS) is 15.2. The lowest BCUT2D eigenvalue weighted by atomic mass is 10.0. The molecule has 0 bridgehead atoms. The number of aromatic nitrogens is 1. The maximum absolute atomic E-state index is 15.0. The van der Waals surface area contributed by atoms with Crippen LogP contribution in [-0.2, 0) is 16.1 Å². The molecule has 0 aliphatic carbocycles. The van der Waals surface area contributed by atoms with E-state index in [0.717, 1.165) is 22.7 Å². The van der Waals surface area contributed by atoms with Gasteiger partial charge >= 0.3 is 0 Å². The summed E-state index contributed by atoms with van der Waals surface area (Å²) in [4.78, 5) is 29.5. The van der Waals surface area contributed by atoms with Crippen LogP contribution >= 0.6 is 23.2 Å². The zero-order valence-corrected chi connectivity index (χ0v) is 20.5. The highest BCUT2D eigenvalue weighted by Gasteiger charge is 2.38. The first kappa shape index (κ1) is 25.7. The fourth-order valence-electron chi connectivity index (χ4n) is 3.64. The number of anilines is 2. The largest absolute Gasteiger partial charge is 0.371 e. The van der Waals surface area contributed by atoms with E-state index in [-0.39, 0.29) is 22.9 Å². The van der Waals surface area contributed by atoms with Crippen molar-refractivity contribution in [1.29, 1.82) is 0 Å². The number of hydrogen-bond donors (Lipinski definition) is 1. The summed E-state index contributed by atoms with van der Waals surface area (Å²) in [5.41, 5.74) is 0.727. The minimum atomic E-state index is -1.01. The minimum Gasteiger partial charge on any atom is -0.371 e. The molecule has 11 heteroatoms. The number of para-hydroxylation sites is 1. The van der Waals surface area contributed by atoms with Crippen molar-refractivity contribution in [3.8, 4) is 0 Å². The summed E-state index contributed by atoms with van der Waals surface area (Å²) in [6, 6.07) is 14.1. The summed E-state index contributed by atoms with van der Waals surface area (Å²) in [7, 11) is 0. The smallest absolute Gasteiger partial charge is 0.259 e. The van der Waals surface area contributed by atoms with Crippen LogP contribution in [0, 0.1) is 17.6 Å². The number of nitrogens with one attached hydrogen (secondary N) is 1. The number of hydrogen-bond acceptors (Lipinski definition) is 5. The standard InChI is InChI=1S/C25H20Cl2F2N4O3/c1-2-15-20(13-36-12-14-7-4-3-5-8-14)32-33(25(15)35)23-19(29)11-16(22(27)31-23)24(34)30-21-17(26)9-6-10-18(21)28/h3-11,15H,2,12-13H2,1H3,(H,30,34). The average molecular weight is 533 g/mol. The van der Waals surface area contributed by atoms with Gasteiger partial charge in [0.15, 0.2) is 11.6 Å². The summed E-state index contributed by atoms with van der Waals surface area (Å²) in [5, 5.41) is 6.87. The van der Waals surface area contributed by atoms with Crippen molar-refractivity contribution in [2.45, 2.75) is 20.0 Å². The van der Waals surface area contributed by atoms with Gasteiger partial charge in [-0.2, -0.15) is 10.1 Å². The molecule has 1 N–H and O–H groups in total. The highest BCUT2D eigenvalue weighted by Crippen LogP contribution is 2.31. The Hall–Kier alpha value is -3.40. The second-order valence-electron chi connectivity index (χ2n) is 7.86. The van der Waals surface area contributed by atoms with Crippen molar-refractivity contribution in [2.75, 3.05) is 16.9 Å². The van der Waals surface area contributed by atoms with E-state index in [1.807, 2.05) is 30.3 Å². The zero-order valence-electron chi connectivity index (χ0n) is 19.0. The van der Waals surface area contributed by atoms with Crippen molar-refractivity contribution >= 4 is 52.2 Å². The molecule has 4 rings (SSSR count). The monoisotopic (exact) mass is 532 g/mol. The molecule has 1 atom stereocenters. The lowest BCUT2D eigenvalue weighted by Crippen LogP contribution is -2.29. The number of amides is 2. The fraction of sp³-hybridized carbons (Fsp3) is 0.200. The number of benzene rings is 2. The molecule has 2 amide bonds. The third-order valence-electron chi connectivity index (χ3n) is 5.46. The number of pyridine rings is 1. The van der Waals surface area contributed by atoms with Gasteiger partial charge in [-0.3, -0.25) is 9.59 Å². The molecule has 1 aliphatic heterocycles. The molecular weight excluding hydrogens is 513 g/mol. The summed E-state index contributed by atoms with van der Waals surface area (Å²) < 4.78 is 34.8. The van der Waals surface area contributed by atoms with Gasteiger partial charge in [0.05, 0.1) is 41.1 Å². The van der Waals surface area contributed by atoms with Crippen LogP contribution in [0.3, 0.4) is 0 Å². The lowest BCUT2D eigenvalue weighted by Gasteiger charge is -2.15. The van der Waals surface area contributed by atoms with Crippen LogP contribution in [0.2, 0.25) is 10.2 Å². The molecule has 0 spiro atoms. The van der Waals surface area contributed by atoms with E-state index in [2.05, 4.69) is 15.4 Å². The molecule has 186 valence electrons. The van der Waals surface area contributed by atoms with Gasteiger partial charge in [-0.25, -0.2) is 13.8 Å². The van der Waals surface area contributed by atoms with Gasteiger partial charge in [-0.05, 0) is 30.2 Å². The van der Waals surface area contributed by atoms with Crippen LogP contribution < -0.4 is 10.3 Å². The molecular formula is C25H20Cl2F2N4O3. The van der Waals surface area contributed by atoms with Gasteiger partial charge in [-0.15, -0.1) is 0 Å². The van der Waals surface area contributed by atoms with Crippen molar-refractivity contribution in [1.82, 2.24) is 4.98 Å². The van der Waals surface area contributed by atoms with Crippen molar-refractivity contribution in [3.63, 3.8) is 0 Å². The number of ether oxygens (including phenoxy) is 1. The van der Waals surface area contributed by atoms with Gasteiger partial charge in [0, 0.05) is 0 Å². The number of carbonyl (C=O) groups excluding carboxylic acids is 2. The molecule has 7 nitrogen and oxygen atoms in total. The Kier molecular flexibility index (Phi) is 7.93. The molecule has 0 fully saturated rings. The van der Waals surface area contributed by atoms with Crippen LogP contribution in [0.5, 0.6) is 0 Å². The van der Waals surface area contributed by atoms with Crippen LogP contribution in [-0.4, -0.2) is 29.1 Å². The summed E-state index contributed by atoms with van der Waals surface area (Å²) in [6.07, 6.45) is 0.419. The van der Waals surface area contributed by atoms with E-state index in [0.29, 0.717) is 18.7 Å². The molecule has 3 aromatic rings. The molecule has 1 aliphatic rings. The molecule has 0 saturated heterocycles. The predicted octanol–water partition coefficient (Wildman–Crippen LogP) is 5.86. The van der Waals surface area contributed by atoms with Gasteiger partial charge in [0.25, 0.3) is 11.8 Å². The van der Waals surface area contributed by atoms with E-state index >= 15 is 4.39 Å². The van der Waals surface area contributed by atoms with Gasteiger partial charge in [0.1, 0.15) is 11.0 Å². The summed E-state index contributed by atoms with van der Waals surface area (Å²) in [6.45, 7) is 2.18. The Balaban J connectivity index is 1.54. The molecule has 2 heterocycles. The van der Waals surface area contributed by atoms with Crippen molar-refractivity contribution < 1.29 is 23.1 Å². The van der Waals surface area contributed by atoms with Gasteiger partial charge < -0.3 is 10.1 Å². The van der Waals surface area contributed by atoms with Crippen LogP contribution in [0.25, 0.3) is 0 Å². The second-order valence-corrected chi connectivity index (χ2v) is 8.63. The Labute approximate surface area is 215 Å². The van der Waals surface area contributed by atoms with Gasteiger partial charge in [0.2, 0.25) is 0 Å². The number of carbonyl (C=O) groups is 2. The quantitative estimate of drug-likeness (QED) is 0.368. The Morgan fingerprint density at radius 1 is 1.08 bits per heavy atom. The molecule has 0 saturated carbocycles. The number of nitrogens with zero attached hydrogens (tertiary/aromatic N) is 3. The molecule has 1 aromatic heterocycles. The summed E-state index contributed by atoms with van der Waals surface area (Å²) in [5.74, 6) is -4.28. The molecule has 36 heavy (non-hydrogen) atoms. The molecule has 1 unspecified atom stereocenters. The van der Waals surface area contributed by atoms with E-state index in [1.54, 1.807) is 6.92 Å². The average Bonchev–Trinajstić information content (AvgIpc) is 3.18. The van der Waals surface area contributed by atoms with Gasteiger partial charge in [-0.1, -0.05) is 66.5 Å². The van der Waals surface area contributed by atoms with Crippen LogP contribution in [0.4, 0.5) is 20.3 Å². The molecule has 0 radical (unpaired) electrons. The lowest BCUT2D eigenvalue weighted by molar-refractivity contribution is -0.119. The molecule has 2 aromatic carbocycles. The second kappa shape index (κ2) is 11.1. The first-order valence-corrected chi connectivity index (χ1v) is 11.7. The Morgan fingerprint density at radius 3 is 2.53 bits per heavy atom. The highest BCUT2D eigenvalue weighted by atomic mass is 35.5. The first-order valence-electron chi connectivity index (χ1n) is 10.9. The van der Waals surface area contributed by atoms with E-state index in [4.69, 9.17) is 27.9 Å². The third kappa shape index (κ3) is 5.38. The number of halogens is 4. The minimum absolute atomic E-state index is 0.0471.